The van der Waals surface area contributed by atoms with Gasteiger partial charge in [0.2, 0.25) is 0 Å². The van der Waals surface area contributed by atoms with E-state index in [4.69, 9.17) is 27.9 Å². The number of nitrogens with one attached hydrogen (secondary N) is 1. The standard InChI is InChI=1S/C16H14Cl2N4O2/c1-24-15-11(17)8-10(9-12(15)18)16(23)19-6-5-14-21-20-13-4-2-3-7-22(13)14/h2-4,7-9H,5-6H2,1H3,(H,19,23). The predicted octanol–water partition coefficient (Wildman–Crippen LogP) is 3.02. The summed E-state index contributed by atoms with van der Waals surface area (Å²) in [6.45, 7) is 0.412. The van der Waals surface area contributed by atoms with E-state index in [0.717, 1.165) is 11.5 Å². The van der Waals surface area contributed by atoms with Gasteiger partial charge >= 0.3 is 0 Å². The smallest absolute Gasteiger partial charge is 0.251 e. The van der Waals surface area contributed by atoms with Crippen LogP contribution >= 0.6 is 23.2 Å². The van der Waals surface area contributed by atoms with Crippen molar-refractivity contribution in [3.63, 3.8) is 0 Å². The number of pyridine rings is 1. The normalized spacial score (nSPS) is 10.8. The predicted molar refractivity (Wildman–Crippen MR) is 92.0 cm³/mol. The number of ether oxygens (including phenoxy) is 1. The molecule has 3 rings (SSSR count). The van der Waals surface area contributed by atoms with Gasteiger partial charge in [0, 0.05) is 24.7 Å². The average Bonchev–Trinajstić information content (AvgIpc) is 2.98. The number of benzene rings is 1. The van der Waals surface area contributed by atoms with Crippen LogP contribution < -0.4 is 10.1 Å². The Morgan fingerprint density at radius 3 is 2.71 bits per heavy atom. The summed E-state index contributed by atoms with van der Waals surface area (Å²) in [5, 5.41) is 11.6. The van der Waals surface area contributed by atoms with Crippen LogP contribution in [0.25, 0.3) is 5.65 Å². The van der Waals surface area contributed by atoms with Gasteiger partial charge in [-0.3, -0.25) is 9.20 Å². The molecule has 0 aliphatic heterocycles. The quantitative estimate of drug-likeness (QED) is 0.755. The summed E-state index contributed by atoms with van der Waals surface area (Å²) >= 11 is 12.1. The molecular formula is C16H14Cl2N4O2. The number of halogens is 2. The lowest BCUT2D eigenvalue weighted by molar-refractivity contribution is 0.0954. The van der Waals surface area contributed by atoms with Gasteiger partial charge in [0.05, 0.1) is 17.2 Å². The Morgan fingerprint density at radius 1 is 1.25 bits per heavy atom. The summed E-state index contributed by atoms with van der Waals surface area (Å²) in [6.07, 6.45) is 2.43. The maximum absolute atomic E-state index is 12.2. The Labute approximate surface area is 148 Å². The fraction of sp³-hybridized carbons (Fsp3) is 0.188. The highest BCUT2D eigenvalue weighted by atomic mass is 35.5. The van der Waals surface area contributed by atoms with Crippen molar-refractivity contribution >= 4 is 34.8 Å². The molecule has 2 heterocycles. The van der Waals surface area contributed by atoms with E-state index in [1.54, 1.807) is 0 Å². The lowest BCUT2D eigenvalue weighted by atomic mass is 10.2. The van der Waals surface area contributed by atoms with Crippen LogP contribution in [0.5, 0.6) is 5.75 Å². The summed E-state index contributed by atoms with van der Waals surface area (Å²) in [4.78, 5) is 12.2. The molecular weight excluding hydrogens is 351 g/mol. The molecule has 0 spiro atoms. The van der Waals surface area contributed by atoms with Crippen LogP contribution in [0.15, 0.2) is 36.5 Å². The molecule has 124 valence electrons. The van der Waals surface area contributed by atoms with Crippen LogP contribution in [-0.2, 0) is 6.42 Å². The molecule has 8 heteroatoms. The monoisotopic (exact) mass is 364 g/mol. The fourth-order valence-corrected chi connectivity index (χ4v) is 2.98. The highest BCUT2D eigenvalue weighted by molar-refractivity contribution is 6.37. The van der Waals surface area contributed by atoms with E-state index in [1.807, 2.05) is 28.8 Å². The molecule has 1 aromatic carbocycles. The number of hydrogen-bond acceptors (Lipinski definition) is 4. The van der Waals surface area contributed by atoms with Crippen LogP contribution in [0.3, 0.4) is 0 Å². The molecule has 1 N–H and O–H groups in total. The number of rotatable bonds is 5. The first-order valence-electron chi connectivity index (χ1n) is 7.20. The zero-order valence-electron chi connectivity index (χ0n) is 12.8. The Hall–Kier alpha value is -2.31. The minimum Gasteiger partial charge on any atom is -0.494 e. The summed E-state index contributed by atoms with van der Waals surface area (Å²) in [5.74, 6) is 0.858. The van der Waals surface area contributed by atoms with Gasteiger partial charge in [0.15, 0.2) is 11.4 Å². The van der Waals surface area contributed by atoms with E-state index in [0.29, 0.717) is 34.3 Å². The molecule has 0 saturated carbocycles. The number of carbonyl (C=O) groups excluding carboxylic acids is 1. The van der Waals surface area contributed by atoms with Crippen molar-refractivity contribution in [2.75, 3.05) is 13.7 Å². The second-order valence-electron chi connectivity index (χ2n) is 5.02. The lowest BCUT2D eigenvalue weighted by Gasteiger charge is -2.09. The van der Waals surface area contributed by atoms with Crippen molar-refractivity contribution in [3.05, 3.63) is 58.0 Å². The first kappa shape index (κ1) is 16.5. The molecule has 0 saturated heterocycles. The van der Waals surface area contributed by atoms with Gasteiger partial charge in [-0.2, -0.15) is 0 Å². The van der Waals surface area contributed by atoms with Crippen molar-refractivity contribution in [2.24, 2.45) is 0 Å². The Kier molecular flexibility index (Phi) is 4.87. The molecule has 0 fully saturated rings. The number of nitrogens with zero attached hydrogens (tertiary/aromatic N) is 3. The van der Waals surface area contributed by atoms with Crippen LogP contribution in [-0.4, -0.2) is 34.2 Å². The minimum absolute atomic E-state index is 0.268. The van der Waals surface area contributed by atoms with Crippen molar-refractivity contribution in [1.82, 2.24) is 19.9 Å². The third-order valence-electron chi connectivity index (χ3n) is 3.48. The molecule has 0 aliphatic carbocycles. The van der Waals surface area contributed by atoms with E-state index in [-0.39, 0.29) is 5.91 Å². The number of amides is 1. The SMILES string of the molecule is COc1c(Cl)cc(C(=O)NCCc2nnc3ccccn23)cc1Cl. The number of aromatic nitrogens is 3. The average molecular weight is 365 g/mol. The maximum Gasteiger partial charge on any atom is 0.251 e. The first-order valence-corrected chi connectivity index (χ1v) is 7.95. The van der Waals surface area contributed by atoms with Crippen molar-refractivity contribution in [3.8, 4) is 5.75 Å². The summed E-state index contributed by atoms with van der Waals surface area (Å²) in [5.41, 5.74) is 1.14. The van der Waals surface area contributed by atoms with Gasteiger partial charge < -0.3 is 10.1 Å². The van der Waals surface area contributed by atoms with Gasteiger partial charge in [0.25, 0.3) is 5.91 Å². The van der Waals surface area contributed by atoms with Crippen molar-refractivity contribution in [2.45, 2.75) is 6.42 Å². The summed E-state index contributed by atoms with van der Waals surface area (Å²) in [7, 11) is 1.47. The number of fused-ring (bicyclic) bond motifs is 1. The number of methoxy groups -OCH3 is 1. The maximum atomic E-state index is 12.2. The van der Waals surface area contributed by atoms with Crippen LogP contribution in [0.4, 0.5) is 0 Å². The summed E-state index contributed by atoms with van der Waals surface area (Å²) in [6, 6.07) is 8.71. The molecule has 0 atom stereocenters. The minimum atomic E-state index is -0.268. The topological polar surface area (TPSA) is 68.5 Å². The molecule has 0 unspecified atom stereocenters. The Bertz CT molecular complexity index is 872. The highest BCUT2D eigenvalue weighted by Crippen LogP contribution is 2.33. The molecule has 3 aromatic rings. The summed E-state index contributed by atoms with van der Waals surface area (Å²) < 4.78 is 6.95. The van der Waals surface area contributed by atoms with Crippen molar-refractivity contribution in [1.29, 1.82) is 0 Å². The zero-order valence-corrected chi connectivity index (χ0v) is 14.3. The van der Waals surface area contributed by atoms with Gasteiger partial charge in [-0.05, 0) is 24.3 Å². The number of carbonyl (C=O) groups is 1. The molecule has 1 amide bonds. The van der Waals surface area contributed by atoms with Gasteiger partial charge in [-0.25, -0.2) is 0 Å². The molecule has 6 nitrogen and oxygen atoms in total. The van der Waals surface area contributed by atoms with Gasteiger partial charge in [-0.15, -0.1) is 10.2 Å². The van der Waals surface area contributed by atoms with Gasteiger partial charge in [0.1, 0.15) is 5.82 Å². The second kappa shape index (κ2) is 7.07. The van der Waals surface area contributed by atoms with Crippen molar-refractivity contribution < 1.29 is 9.53 Å². The van der Waals surface area contributed by atoms with E-state index in [2.05, 4.69) is 15.5 Å². The highest BCUT2D eigenvalue weighted by Gasteiger charge is 2.13. The molecule has 0 radical (unpaired) electrons. The first-order chi connectivity index (χ1) is 11.6. The fourth-order valence-electron chi connectivity index (χ4n) is 2.34. The van der Waals surface area contributed by atoms with Crippen LogP contribution in [0.2, 0.25) is 10.0 Å². The molecule has 0 bridgehead atoms. The Morgan fingerprint density at radius 2 is 2.00 bits per heavy atom. The van der Waals surface area contributed by atoms with Crippen LogP contribution in [0.1, 0.15) is 16.2 Å². The molecule has 24 heavy (non-hydrogen) atoms. The largest absolute Gasteiger partial charge is 0.494 e. The van der Waals surface area contributed by atoms with E-state index in [1.165, 1.54) is 19.2 Å². The zero-order chi connectivity index (χ0) is 17.1. The van der Waals surface area contributed by atoms with E-state index in [9.17, 15) is 4.79 Å². The Balaban J connectivity index is 1.66. The molecule has 2 aromatic heterocycles. The lowest BCUT2D eigenvalue weighted by Crippen LogP contribution is -2.26. The second-order valence-corrected chi connectivity index (χ2v) is 5.84. The van der Waals surface area contributed by atoms with Crippen LogP contribution in [0, 0.1) is 0 Å². The van der Waals surface area contributed by atoms with E-state index < -0.39 is 0 Å². The third-order valence-corrected chi connectivity index (χ3v) is 4.04. The van der Waals surface area contributed by atoms with Gasteiger partial charge in [-0.1, -0.05) is 29.3 Å². The molecule has 0 aliphatic rings. The van der Waals surface area contributed by atoms with E-state index >= 15 is 0 Å². The number of hydrogen-bond donors (Lipinski definition) is 1. The third kappa shape index (κ3) is 3.29.